The maximum absolute atomic E-state index is 5.40. The van der Waals surface area contributed by atoms with E-state index >= 15 is 0 Å². The van der Waals surface area contributed by atoms with Gasteiger partial charge in [-0.25, -0.2) is 0 Å². The predicted molar refractivity (Wildman–Crippen MR) is 63.1 cm³/mol. The Labute approximate surface area is 95.5 Å². The normalized spacial score (nSPS) is 12.6. The summed E-state index contributed by atoms with van der Waals surface area (Å²) in [7, 11) is 1.95. The molecule has 2 aromatic heterocycles. The molecule has 1 unspecified atom stereocenters. The molecule has 0 aliphatic rings. The highest BCUT2D eigenvalue weighted by Gasteiger charge is 2.11. The first kappa shape index (κ1) is 10.9. The lowest BCUT2D eigenvalue weighted by molar-refractivity contribution is 0.415. The average molecular weight is 216 g/mol. The minimum Gasteiger partial charge on any atom is -0.468 e. The second kappa shape index (κ2) is 5.47. The summed E-state index contributed by atoms with van der Waals surface area (Å²) in [5.41, 5.74) is 1.26. The van der Waals surface area contributed by atoms with E-state index in [-0.39, 0.29) is 6.04 Å². The zero-order valence-electron chi connectivity index (χ0n) is 9.39. The molecule has 0 bridgehead atoms. The van der Waals surface area contributed by atoms with Gasteiger partial charge in [-0.15, -0.1) is 0 Å². The molecule has 1 N–H and O–H groups in total. The summed E-state index contributed by atoms with van der Waals surface area (Å²) in [6, 6.07) is 8.27. The summed E-state index contributed by atoms with van der Waals surface area (Å²) in [4.78, 5) is 4.11. The molecule has 0 spiro atoms. The topological polar surface area (TPSA) is 38.1 Å². The van der Waals surface area contributed by atoms with E-state index < -0.39 is 0 Å². The third-order valence-electron chi connectivity index (χ3n) is 2.68. The van der Waals surface area contributed by atoms with Crippen LogP contribution in [0.25, 0.3) is 0 Å². The molecule has 2 heterocycles. The fraction of sp³-hybridized carbons (Fsp3) is 0.308. The van der Waals surface area contributed by atoms with Crippen molar-refractivity contribution in [2.45, 2.75) is 18.9 Å². The molecule has 2 aromatic rings. The van der Waals surface area contributed by atoms with Crippen molar-refractivity contribution in [2.75, 3.05) is 7.05 Å². The van der Waals surface area contributed by atoms with E-state index in [1.54, 1.807) is 12.5 Å². The van der Waals surface area contributed by atoms with Crippen LogP contribution in [0.15, 0.2) is 47.3 Å². The van der Waals surface area contributed by atoms with Crippen molar-refractivity contribution in [3.8, 4) is 0 Å². The van der Waals surface area contributed by atoms with E-state index in [9.17, 15) is 0 Å². The van der Waals surface area contributed by atoms with E-state index in [4.69, 9.17) is 4.42 Å². The first-order valence-electron chi connectivity index (χ1n) is 5.49. The number of hydrogen-bond donors (Lipinski definition) is 1. The molecule has 0 aliphatic carbocycles. The number of pyridine rings is 1. The second-order valence-electron chi connectivity index (χ2n) is 3.76. The number of furan rings is 1. The lowest BCUT2D eigenvalue weighted by atomic mass is 10.1. The van der Waals surface area contributed by atoms with Gasteiger partial charge in [-0.1, -0.05) is 6.07 Å². The molecule has 3 heteroatoms. The highest BCUT2D eigenvalue weighted by Crippen LogP contribution is 2.18. The largest absolute Gasteiger partial charge is 0.468 e. The van der Waals surface area contributed by atoms with Gasteiger partial charge in [-0.3, -0.25) is 4.98 Å². The summed E-state index contributed by atoms with van der Waals surface area (Å²) in [6.07, 6.45) is 7.43. The maximum Gasteiger partial charge on any atom is 0.120 e. The predicted octanol–water partition coefficient (Wildman–Crippen LogP) is 2.57. The Kier molecular flexibility index (Phi) is 3.72. The first-order valence-corrected chi connectivity index (χ1v) is 5.49. The molecular formula is C13H16N2O. The van der Waals surface area contributed by atoms with Crippen molar-refractivity contribution < 1.29 is 4.42 Å². The number of nitrogens with one attached hydrogen (secondary N) is 1. The van der Waals surface area contributed by atoms with Gasteiger partial charge in [-0.05, 0) is 43.7 Å². The Morgan fingerprint density at radius 1 is 1.38 bits per heavy atom. The third kappa shape index (κ3) is 2.70. The monoisotopic (exact) mass is 216 g/mol. The van der Waals surface area contributed by atoms with E-state index in [1.807, 2.05) is 31.4 Å². The van der Waals surface area contributed by atoms with Crippen molar-refractivity contribution in [1.29, 1.82) is 0 Å². The molecule has 2 rings (SSSR count). The second-order valence-corrected chi connectivity index (χ2v) is 3.76. The Balaban J connectivity index is 1.94. The molecular weight excluding hydrogens is 200 g/mol. The zero-order valence-corrected chi connectivity index (χ0v) is 9.39. The van der Waals surface area contributed by atoms with Crippen LogP contribution in [0.2, 0.25) is 0 Å². The fourth-order valence-electron chi connectivity index (χ4n) is 1.78. The Hall–Kier alpha value is -1.61. The molecule has 1 atom stereocenters. The van der Waals surface area contributed by atoms with E-state index in [0.29, 0.717) is 0 Å². The van der Waals surface area contributed by atoms with Crippen molar-refractivity contribution in [2.24, 2.45) is 0 Å². The van der Waals surface area contributed by atoms with Crippen LogP contribution in [0.5, 0.6) is 0 Å². The van der Waals surface area contributed by atoms with Crippen LogP contribution in [-0.2, 0) is 6.42 Å². The van der Waals surface area contributed by atoms with Crippen LogP contribution in [-0.4, -0.2) is 12.0 Å². The Morgan fingerprint density at radius 3 is 2.94 bits per heavy atom. The molecule has 84 valence electrons. The molecule has 0 saturated carbocycles. The minimum atomic E-state index is 0.273. The van der Waals surface area contributed by atoms with Gasteiger partial charge in [0.1, 0.15) is 5.76 Å². The fourth-order valence-corrected chi connectivity index (χ4v) is 1.78. The number of rotatable bonds is 5. The summed E-state index contributed by atoms with van der Waals surface area (Å²) in [5.74, 6) is 0.992. The standard InChI is InChI=1S/C13H16N2O/c1-14-12(13-5-3-9-16-13)7-6-11-4-2-8-15-10-11/h2-5,8-10,12,14H,6-7H2,1H3. The van der Waals surface area contributed by atoms with Crippen LogP contribution in [0.4, 0.5) is 0 Å². The van der Waals surface area contributed by atoms with Crippen LogP contribution in [0, 0.1) is 0 Å². The number of hydrogen-bond acceptors (Lipinski definition) is 3. The number of nitrogens with zero attached hydrogens (tertiary/aromatic N) is 1. The SMILES string of the molecule is CNC(CCc1cccnc1)c1ccco1. The van der Waals surface area contributed by atoms with Gasteiger partial charge in [0.05, 0.1) is 12.3 Å². The summed E-state index contributed by atoms with van der Waals surface area (Å²) >= 11 is 0. The van der Waals surface area contributed by atoms with Gasteiger partial charge >= 0.3 is 0 Å². The zero-order chi connectivity index (χ0) is 11.2. The molecule has 3 nitrogen and oxygen atoms in total. The summed E-state index contributed by atoms with van der Waals surface area (Å²) in [5, 5.41) is 3.26. The molecule has 0 aromatic carbocycles. The van der Waals surface area contributed by atoms with Crippen molar-refractivity contribution >= 4 is 0 Å². The molecule has 16 heavy (non-hydrogen) atoms. The maximum atomic E-state index is 5.40. The van der Waals surface area contributed by atoms with Gasteiger partial charge in [0.2, 0.25) is 0 Å². The Morgan fingerprint density at radius 2 is 2.31 bits per heavy atom. The van der Waals surface area contributed by atoms with Gasteiger partial charge in [-0.2, -0.15) is 0 Å². The Bertz CT molecular complexity index is 397. The molecule has 0 saturated heterocycles. The van der Waals surface area contributed by atoms with Gasteiger partial charge < -0.3 is 9.73 Å². The minimum absolute atomic E-state index is 0.273. The van der Waals surface area contributed by atoms with Gasteiger partial charge in [0, 0.05) is 12.4 Å². The molecule has 0 aliphatic heterocycles. The van der Waals surface area contributed by atoms with Crippen LogP contribution < -0.4 is 5.32 Å². The lowest BCUT2D eigenvalue weighted by Gasteiger charge is -2.13. The van der Waals surface area contributed by atoms with Crippen LogP contribution in [0.1, 0.15) is 23.8 Å². The third-order valence-corrected chi connectivity index (χ3v) is 2.68. The first-order chi connectivity index (χ1) is 7.90. The lowest BCUT2D eigenvalue weighted by Crippen LogP contribution is -2.16. The van der Waals surface area contributed by atoms with Crippen molar-refractivity contribution in [3.63, 3.8) is 0 Å². The highest BCUT2D eigenvalue weighted by molar-refractivity contribution is 5.10. The smallest absolute Gasteiger partial charge is 0.120 e. The summed E-state index contributed by atoms with van der Waals surface area (Å²) < 4.78 is 5.40. The number of aryl methyl sites for hydroxylation is 1. The quantitative estimate of drug-likeness (QED) is 0.834. The van der Waals surface area contributed by atoms with E-state index in [1.165, 1.54) is 5.56 Å². The van der Waals surface area contributed by atoms with Gasteiger partial charge in [0.25, 0.3) is 0 Å². The van der Waals surface area contributed by atoms with Crippen LogP contribution >= 0.6 is 0 Å². The van der Waals surface area contributed by atoms with Crippen molar-refractivity contribution in [3.05, 3.63) is 54.2 Å². The van der Waals surface area contributed by atoms with Gasteiger partial charge in [0.15, 0.2) is 0 Å². The van der Waals surface area contributed by atoms with E-state index in [0.717, 1.165) is 18.6 Å². The molecule has 0 fully saturated rings. The van der Waals surface area contributed by atoms with Crippen molar-refractivity contribution in [1.82, 2.24) is 10.3 Å². The number of aromatic nitrogens is 1. The molecule has 0 amide bonds. The summed E-state index contributed by atoms with van der Waals surface area (Å²) in [6.45, 7) is 0. The molecule has 0 radical (unpaired) electrons. The van der Waals surface area contributed by atoms with Crippen LogP contribution in [0.3, 0.4) is 0 Å². The highest BCUT2D eigenvalue weighted by atomic mass is 16.3. The van der Waals surface area contributed by atoms with E-state index in [2.05, 4.69) is 16.4 Å². The average Bonchev–Trinajstić information content (AvgIpc) is 2.85.